The molecule has 1 heterocycles. The monoisotopic (exact) mass is 594 g/mol. The van der Waals surface area contributed by atoms with Crippen LogP contribution >= 0.6 is 0 Å². The maximum absolute atomic E-state index is 5.98. The second kappa shape index (κ2) is 18.4. The second-order valence-corrected chi connectivity index (χ2v) is 11.1. The third kappa shape index (κ3) is 11.0. The van der Waals surface area contributed by atoms with E-state index >= 15 is 0 Å². The van der Waals surface area contributed by atoms with Crippen LogP contribution in [-0.2, 0) is 32.0 Å². The molecule has 4 aromatic carbocycles. The molecule has 0 N–H and O–H groups in total. The average molecular weight is 595 g/mol. The van der Waals surface area contributed by atoms with Gasteiger partial charge in [0.25, 0.3) is 0 Å². The number of nitrogens with zero attached hydrogens (tertiary/aromatic N) is 2. The largest absolute Gasteiger partial charge is 0.378 e. The molecule has 1 aliphatic rings. The fourth-order valence-corrected chi connectivity index (χ4v) is 5.43. The number of hydrogen-bond donors (Lipinski definition) is 0. The molecular weight excluding hydrogens is 548 g/mol. The van der Waals surface area contributed by atoms with Crippen molar-refractivity contribution in [3.8, 4) is 22.3 Å². The van der Waals surface area contributed by atoms with Crippen molar-refractivity contribution < 1.29 is 18.9 Å². The van der Waals surface area contributed by atoms with Gasteiger partial charge in [-0.15, -0.1) is 0 Å². The molecule has 1 fully saturated rings. The molecule has 4 aromatic rings. The lowest BCUT2D eigenvalue weighted by atomic mass is 10.0. The first-order valence-electron chi connectivity index (χ1n) is 15.9. The Balaban J connectivity index is 1.10. The lowest BCUT2D eigenvalue weighted by molar-refractivity contribution is 0.00624. The van der Waals surface area contributed by atoms with Crippen LogP contribution in [0.3, 0.4) is 0 Å². The van der Waals surface area contributed by atoms with Gasteiger partial charge in [-0.2, -0.15) is 0 Å². The van der Waals surface area contributed by atoms with Gasteiger partial charge in [-0.3, -0.25) is 9.80 Å². The molecule has 0 unspecified atom stereocenters. The maximum atomic E-state index is 5.98. The van der Waals surface area contributed by atoms with Crippen molar-refractivity contribution in [2.45, 2.75) is 13.1 Å². The molecule has 0 spiro atoms. The zero-order chi connectivity index (χ0) is 30.1. The minimum atomic E-state index is 0.593. The normalized spacial score (nSPS) is 17.5. The first-order valence-corrected chi connectivity index (χ1v) is 15.9. The Kier molecular flexibility index (Phi) is 13.4. The van der Waals surface area contributed by atoms with E-state index in [1.54, 1.807) is 0 Å². The van der Waals surface area contributed by atoms with E-state index in [0.717, 1.165) is 39.3 Å². The van der Waals surface area contributed by atoms with E-state index in [4.69, 9.17) is 18.9 Å². The van der Waals surface area contributed by atoms with Crippen molar-refractivity contribution in [1.82, 2.24) is 9.80 Å². The highest BCUT2D eigenvalue weighted by Crippen LogP contribution is 2.22. The Labute approximate surface area is 263 Å². The molecule has 0 aliphatic carbocycles. The van der Waals surface area contributed by atoms with Crippen LogP contribution < -0.4 is 0 Å². The van der Waals surface area contributed by atoms with Crippen LogP contribution in [0.4, 0.5) is 0 Å². The quantitative estimate of drug-likeness (QED) is 0.257. The molecule has 44 heavy (non-hydrogen) atoms. The Morgan fingerprint density at radius 1 is 0.364 bits per heavy atom. The van der Waals surface area contributed by atoms with Crippen LogP contribution in [0.15, 0.2) is 109 Å². The van der Waals surface area contributed by atoms with E-state index in [-0.39, 0.29) is 0 Å². The van der Waals surface area contributed by atoms with Crippen molar-refractivity contribution in [1.29, 1.82) is 0 Å². The van der Waals surface area contributed by atoms with Crippen LogP contribution in [0.2, 0.25) is 0 Å². The van der Waals surface area contributed by atoms with E-state index < -0.39 is 0 Å². The van der Waals surface area contributed by atoms with Gasteiger partial charge in [0.15, 0.2) is 0 Å². The van der Waals surface area contributed by atoms with E-state index in [9.17, 15) is 0 Å². The third-order valence-electron chi connectivity index (χ3n) is 7.83. The zero-order valence-electron chi connectivity index (χ0n) is 25.8. The smallest absolute Gasteiger partial charge is 0.0701 e. The zero-order valence-corrected chi connectivity index (χ0v) is 25.8. The fraction of sp³-hybridized carbons (Fsp3) is 0.368. The van der Waals surface area contributed by atoms with Gasteiger partial charge >= 0.3 is 0 Å². The summed E-state index contributed by atoms with van der Waals surface area (Å²) in [5.41, 5.74) is 7.53. The molecule has 0 aromatic heterocycles. The molecule has 6 heteroatoms. The van der Waals surface area contributed by atoms with Crippen LogP contribution in [0.25, 0.3) is 22.3 Å². The molecule has 1 aliphatic heterocycles. The first kappa shape index (κ1) is 32.0. The summed E-state index contributed by atoms with van der Waals surface area (Å²) < 4.78 is 23.9. The average Bonchev–Trinajstić information content (AvgIpc) is 3.07. The number of ether oxygens (including phenoxy) is 4. The maximum Gasteiger partial charge on any atom is 0.0701 e. The standard InChI is InChI=1S/C38H46N2O4/c1-3-11-35(12-4-1)37-15-7-9-33(29-37)31-39-17-21-41-25-27-43-23-19-40(20-24-44-28-26-42-22-18-39)32-34-10-8-16-38(30-34)36-13-5-2-6-14-36/h1-16,29-30H,17-28,31-32H2. The summed E-state index contributed by atoms with van der Waals surface area (Å²) in [6, 6.07) is 38.7. The van der Waals surface area contributed by atoms with E-state index in [1.807, 2.05) is 0 Å². The van der Waals surface area contributed by atoms with Crippen LogP contribution in [-0.4, -0.2) is 88.8 Å². The van der Waals surface area contributed by atoms with Gasteiger partial charge in [-0.1, -0.05) is 97.1 Å². The lowest BCUT2D eigenvalue weighted by Gasteiger charge is -2.24. The number of rotatable bonds is 6. The van der Waals surface area contributed by atoms with Gasteiger partial charge in [0.05, 0.1) is 52.9 Å². The van der Waals surface area contributed by atoms with Gasteiger partial charge in [0.2, 0.25) is 0 Å². The van der Waals surface area contributed by atoms with E-state index in [0.29, 0.717) is 52.9 Å². The lowest BCUT2D eigenvalue weighted by Crippen LogP contribution is -2.32. The highest BCUT2D eigenvalue weighted by molar-refractivity contribution is 5.64. The molecule has 0 saturated carbocycles. The van der Waals surface area contributed by atoms with E-state index in [2.05, 4.69) is 119 Å². The van der Waals surface area contributed by atoms with Crippen molar-refractivity contribution in [3.63, 3.8) is 0 Å². The van der Waals surface area contributed by atoms with Gasteiger partial charge in [0, 0.05) is 39.3 Å². The highest BCUT2D eigenvalue weighted by atomic mass is 16.5. The Morgan fingerprint density at radius 2 is 0.705 bits per heavy atom. The topological polar surface area (TPSA) is 43.4 Å². The van der Waals surface area contributed by atoms with Crippen LogP contribution in [0.1, 0.15) is 11.1 Å². The summed E-state index contributed by atoms with van der Waals surface area (Å²) in [6.07, 6.45) is 0. The molecule has 6 nitrogen and oxygen atoms in total. The Bertz CT molecular complexity index is 1230. The minimum absolute atomic E-state index is 0.593. The van der Waals surface area contributed by atoms with Gasteiger partial charge in [0.1, 0.15) is 0 Å². The molecule has 0 amide bonds. The highest BCUT2D eigenvalue weighted by Gasteiger charge is 2.10. The number of hydrogen-bond acceptors (Lipinski definition) is 6. The van der Waals surface area contributed by atoms with Gasteiger partial charge in [-0.05, 0) is 45.5 Å². The summed E-state index contributed by atoms with van der Waals surface area (Å²) in [4.78, 5) is 4.80. The minimum Gasteiger partial charge on any atom is -0.378 e. The van der Waals surface area contributed by atoms with Gasteiger partial charge in [-0.25, -0.2) is 0 Å². The second-order valence-electron chi connectivity index (χ2n) is 11.1. The number of benzene rings is 4. The van der Waals surface area contributed by atoms with Crippen molar-refractivity contribution in [3.05, 3.63) is 120 Å². The van der Waals surface area contributed by atoms with Crippen molar-refractivity contribution in [2.75, 3.05) is 79.0 Å². The fourth-order valence-electron chi connectivity index (χ4n) is 5.43. The summed E-state index contributed by atoms with van der Waals surface area (Å²) in [5.74, 6) is 0. The Morgan fingerprint density at radius 3 is 1.07 bits per heavy atom. The Hall–Kier alpha value is -3.36. The van der Waals surface area contributed by atoms with Crippen molar-refractivity contribution >= 4 is 0 Å². The third-order valence-corrected chi connectivity index (χ3v) is 7.83. The first-order chi connectivity index (χ1) is 21.8. The summed E-state index contributed by atoms with van der Waals surface area (Å²) in [6.45, 7) is 10.1. The predicted molar refractivity (Wildman–Crippen MR) is 178 cm³/mol. The SMILES string of the molecule is c1ccc(-c2cccc(CN3CCOCCOCCN(Cc4cccc(-c5ccccc5)c4)CCOCCOCC3)c2)cc1. The molecule has 0 bridgehead atoms. The molecule has 232 valence electrons. The predicted octanol–water partition coefficient (Wildman–Crippen LogP) is 6.40. The molecule has 5 rings (SSSR count). The van der Waals surface area contributed by atoms with Crippen LogP contribution in [0, 0.1) is 0 Å². The van der Waals surface area contributed by atoms with Gasteiger partial charge < -0.3 is 18.9 Å². The summed E-state index contributed by atoms with van der Waals surface area (Å²) in [5, 5.41) is 0. The summed E-state index contributed by atoms with van der Waals surface area (Å²) >= 11 is 0. The molecule has 0 radical (unpaired) electrons. The van der Waals surface area contributed by atoms with E-state index in [1.165, 1.54) is 33.4 Å². The summed E-state index contributed by atoms with van der Waals surface area (Å²) in [7, 11) is 0. The van der Waals surface area contributed by atoms with Crippen LogP contribution in [0.5, 0.6) is 0 Å². The molecule has 1 saturated heterocycles. The van der Waals surface area contributed by atoms with Crippen molar-refractivity contribution in [2.24, 2.45) is 0 Å². The molecule has 0 atom stereocenters. The molecular formula is C38H46N2O4.